The third kappa shape index (κ3) is 7.38. The van der Waals surface area contributed by atoms with E-state index >= 15 is 0 Å². The Labute approximate surface area is 213 Å². The first kappa shape index (κ1) is 27.4. The minimum atomic E-state index is -1.25. The minimum Gasteiger partial charge on any atom is -0.480 e. The SMILES string of the molecule is CC(NC(=O)C(N)CO)C(=O)NC(Cc1ccccc1)C(=O)NC(Cc1c[nH]c2ccccc12)C(=O)O. The summed E-state index contributed by atoms with van der Waals surface area (Å²) in [6.45, 7) is 0.818. The molecular formula is C26H31N5O6. The van der Waals surface area contributed by atoms with Crippen molar-refractivity contribution in [3.05, 3.63) is 71.9 Å². The zero-order valence-corrected chi connectivity index (χ0v) is 20.3. The van der Waals surface area contributed by atoms with Crippen molar-refractivity contribution in [1.82, 2.24) is 20.9 Å². The summed E-state index contributed by atoms with van der Waals surface area (Å²) in [5.41, 5.74) is 7.79. The van der Waals surface area contributed by atoms with Gasteiger partial charge >= 0.3 is 5.97 Å². The van der Waals surface area contributed by atoms with Crippen molar-refractivity contribution in [1.29, 1.82) is 0 Å². The third-order valence-corrected chi connectivity index (χ3v) is 5.91. The van der Waals surface area contributed by atoms with Gasteiger partial charge in [-0.15, -0.1) is 0 Å². The van der Waals surface area contributed by atoms with Gasteiger partial charge in [-0.05, 0) is 24.1 Å². The molecule has 3 rings (SSSR count). The molecule has 37 heavy (non-hydrogen) atoms. The molecule has 4 atom stereocenters. The highest BCUT2D eigenvalue weighted by Gasteiger charge is 2.29. The fourth-order valence-corrected chi connectivity index (χ4v) is 3.82. The number of aromatic nitrogens is 1. The molecule has 11 heteroatoms. The standard InChI is InChI=1S/C26H31N5O6/c1-15(29-24(34)19(27)14-32)23(33)30-21(11-16-7-3-2-4-8-16)25(35)31-22(26(36)37)12-17-13-28-20-10-6-5-9-18(17)20/h2-10,13,15,19,21-22,28,32H,11-12,14,27H2,1H3,(H,29,34)(H,30,33)(H,31,35)(H,36,37). The predicted octanol–water partition coefficient (Wildman–Crippen LogP) is -0.168. The van der Waals surface area contributed by atoms with Crippen LogP contribution in [0.5, 0.6) is 0 Å². The number of carboxylic acid groups (broad SMARTS) is 1. The van der Waals surface area contributed by atoms with Crippen LogP contribution in [-0.4, -0.2) is 69.7 Å². The maximum absolute atomic E-state index is 13.3. The molecule has 0 bridgehead atoms. The summed E-state index contributed by atoms with van der Waals surface area (Å²) in [5, 5.41) is 27.2. The molecule has 0 radical (unpaired) electrons. The fourth-order valence-electron chi connectivity index (χ4n) is 3.82. The number of H-pyrrole nitrogens is 1. The van der Waals surface area contributed by atoms with Gasteiger partial charge in [0.25, 0.3) is 0 Å². The Morgan fingerprint density at radius 2 is 1.51 bits per heavy atom. The lowest BCUT2D eigenvalue weighted by Gasteiger charge is -2.24. The Hall–Kier alpha value is -4.22. The van der Waals surface area contributed by atoms with Crippen molar-refractivity contribution in [2.75, 3.05) is 6.61 Å². The van der Waals surface area contributed by atoms with Gasteiger partial charge in [0, 0.05) is 29.9 Å². The van der Waals surface area contributed by atoms with Crippen LogP contribution in [0.1, 0.15) is 18.1 Å². The second-order valence-electron chi connectivity index (χ2n) is 8.73. The number of hydrogen-bond acceptors (Lipinski definition) is 6. The number of para-hydroxylation sites is 1. The van der Waals surface area contributed by atoms with E-state index in [1.165, 1.54) is 6.92 Å². The van der Waals surface area contributed by atoms with Gasteiger partial charge in [0.1, 0.15) is 24.2 Å². The van der Waals surface area contributed by atoms with Gasteiger partial charge in [-0.3, -0.25) is 14.4 Å². The van der Waals surface area contributed by atoms with Gasteiger partial charge in [0.15, 0.2) is 0 Å². The number of hydrogen-bond donors (Lipinski definition) is 7. The predicted molar refractivity (Wildman–Crippen MR) is 136 cm³/mol. The second-order valence-corrected chi connectivity index (χ2v) is 8.73. The summed E-state index contributed by atoms with van der Waals surface area (Å²) >= 11 is 0. The first-order valence-corrected chi connectivity index (χ1v) is 11.8. The molecule has 3 amide bonds. The molecule has 196 valence electrons. The van der Waals surface area contributed by atoms with Crippen LogP contribution in [0, 0.1) is 0 Å². The Balaban J connectivity index is 1.75. The smallest absolute Gasteiger partial charge is 0.326 e. The summed E-state index contributed by atoms with van der Waals surface area (Å²) in [5.74, 6) is -3.30. The van der Waals surface area contributed by atoms with Gasteiger partial charge in [-0.2, -0.15) is 0 Å². The van der Waals surface area contributed by atoms with E-state index < -0.39 is 54.5 Å². The van der Waals surface area contributed by atoms with Crippen LogP contribution in [0.25, 0.3) is 10.9 Å². The number of carboxylic acids is 1. The van der Waals surface area contributed by atoms with Crippen LogP contribution in [-0.2, 0) is 32.0 Å². The van der Waals surface area contributed by atoms with E-state index in [-0.39, 0.29) is 12.8 Å². The number of aliphatic hydroxyl groups is 1. The Bertz CT molecular complexity index is 1240. The van der Waals surface area contributed by atoms with Crippen molar-refractivity contribution >= 4 is 34.6 Å². The summed E-state index contributed by atoms with van der Waals surface area (Å²) in [7, 11) is 0. The first-order chi connectivity index (χ1) is 17.7. The average Bonchev–Trinajstić information content (AvgIpc) is 3.30. The number of fused-ring (bicyclic) bond motifs is 1. The molecule has 0 fully saturated rings. The molecule has 1 heterocycles. The van der Waals surface area contributed by atoms with Crippen LogP contribution in [0.15, 0.2) is 60.8 Å². The highest BCUT2D eigenvalue weighted by molar-refractivity contribution is 5.94. The molecular weight excluding hydrogens is 478 g/mol. The molecule has 0 aliphatic rings. The number of carbonyl (C=O) groups excluding carboxylic acids is 3. The maximum Gasteiger partial charge on any atom is 0.326 e. The first-order valence-electron chi connectivity index (χ1n) is 11.8. The Kier molecular flexibility index (Phi) is 9.36. The summed E-state index contributed by atoms with van der Waals surface area (Å²) in [6, 6.07) is 11.7. The van der Waals surface area contributed by atoms with Gasteiger partial charge in [-0.1, -0.05) is 48.5 Å². The van der Waals surface area contributed by atoms with Gasteiger partial charge in [-0.25, -0.2) is 4.79 Å². The number of carbonyl (C=O) groups is 4. The van der Waals surface area contributed by atoms with Gasteiger partial charge < -0.3 is 36.9 Å². The van der Waals surface area contributed by atoms with Crippen LogP contribution < -0.4 is 21.7 Å². The quantitative estimate of drug-likeness (QED) is 0.177. The van der Waals surface area contributed by atoms with Gasteiger partial charge in [0.2, 0.25) is 17.7 Å². The number of amides is 3. The van der Waals surface area contributed by atoms with E-state index in [9.17, 15) is 24.3 Å². The normalized spacial score (nSPS) is 14.2. The van der Waals surface area contributed by atoms with Crippen LogP contribution in [0.3, 0.4) is 0 Å². The third-order valence-electron chi connectivity index (χ3n) is 5.91. The zero-order valence-electron chi connectivity index (χ0n) is 20.3. The summed E-state index contributed by atoms with van der Waals surface area (Å²) < 4.78 is 0. The van der Waals surface area contributed by atoms with Gasteiger partial charge in [0.05, 0.1) is 6.61 Å². The van der Waals surface area contributed by atoms with Crippen molar-refractivity contribution < 1.29 is 29.4 Å². The monoisotopic (exact) mass is 509 g/mol. The van der Waals surface area contributed by atoms with E-state index in [4.69, 9.17) is 10.8 Å². The zero-order chi connectivity index (χ0) is 26.9. The van der Waals surface area contributed by atoms with E-state index in [0.29, 0.717) is 0 Å². The number of aliphatic carboxylic acids is 1. The van der Waals surface area contributed by atoms with Crippen molar-refractivity contribution in [3.8, 4) is 0 Å². The molecule has 8 N–H and O–H groups in total. The second kappa shape index (κ2) is 12.7. The molecule has 1 aromatic heterocycles. The minimum absolute atomic E-state index is 0.0304. The topological polar surface area (TPSA) is 187 Å². The molecule has 0 aliphatic carbocycles. The van der Waals surface area contributed by atoms with E-state index in [1.54, 1.807) is 36.5 Å². The molecule has 11 nitrogen and oxygen atoms in total. The number of nitrogens with one attached hydrogen (secondary N) is 4. The molecule has 4 unspecified atom stereocenters. The van der Waals surface area contributed by atoms with E-state index in [2.05, 4.69) is 20.9 Å². The molecule has 0 aliphatic heterocycles. The van der Waals surface area contributed by atoms with Crippen molar-refractivity contribution in [3.63, 3.8) is 0 Å². The summed E-state index contributed by atoms with van der Waals surface area (Å²) in [6.07, 6.45) is 1.83. The number of aromatic amines is 1. The van der Waals surface area contributed by atoms with Crippen LogP contribution in [0.4, 0.5) is 0 Å². The Morgan fingerprint density at radius 3 is 2.19 bits per heavy atom. The van der Waals surface area contributed by atoms with Crippen molar-refractivity contribution in [2.45, 2.75) is 43.9 Å². The average molecular weight is 510 g/mol. The number of rotatable bonds is 12. The van der Waals surface area contributed by atoms with Crippen molar-refractivity contribution in [2.24, 2.45) is 5.73 Å². The summed E-state index contributed by atoms with van der Waals surface area (Å²) in [4.78, 5) is 53.1. The molecule has 0 spiro atoms. The van der Waals surface area contributed by atoms with E-state index in [0.717, 1.165) is 22.0 Å². The van der Waals surface area contributed by atoms with Crippen LogP contribution in [0.2, 0.25) is 0 Å². The highest BCUT2D eigenvalue weighted by atomic mass is 16.4. The lowest BCUT2D eigenvalue weighted by Crippen LogP contribution is -2.57. The molecule has 2 aromatic carbocycles. The molecule has 0 saturated carbocycles. The lowest BCUT2D eigenvalue weighted by atomic mass is 10.0. The molecule has 3 aromatic rings. The fraction of sp³-hybridized carbons (Fsp3) is 0.308. The number of nitrogens with two attached hydrogens (primary N) is 1. The number of aliphatic hydroxyl groups excluding tert-OH is 1. The Morgan fingerprint density at radius 1 is 0.865 bits per heavy atom. The lowest BCUT2D eigenvalue weighted by molar-refractivity contribution is -0.142. The molecule has 0 saturated heterocycles. The maximum atomic E-state index is 13.3. The van der Waals surface area contributed by atoms with E-state index in [1.807, 2.05) is 24.3 Å². The van der Waals surface area contributed by atoms with Crippen LogP contribution >= 0.6 is 0 Å². The largest absolute Gasteiger partial charge is 0.480 e. The number of benzene rings is 2. The highest BCUT2D eigenvalue weighted by Crippen LogP contribution is 2.19.